The van der Waals surface area contributed by atoms with Crippen LogP contribution in [0.2, 0.25) is 0 Å². The number of benzene rings is 2. The zero-order valence-electron chi connectivity index (χ0n) is 19.7. The van der Waals surface area contributed by atoms with Crippen molar-refractivity contribution in [3.63, 3.8) is 0 Å². The van der Waals surface area contributed by atoms with Crippen molar-refractivity contribution in [1.82, 2.24) is 5.06 Å². The van der Waals surface area contributed by atoms with Crippen LogP contribution in [0.15, 0.2) is 60.7 Å². The lowest BCUT2D eigenvalue weighted by Gasteiger charge is -2.31. The Balaban J connectivity index is 2.21. The fourth-order valence-corrected chi connectivity index (χ4v) is 3.36. The molecule has 0 aliphatic carbocycles. The third-order valence-corrected chi connectivity index (χ3v) is 4.91. The summed E-state index contributed by atoms with van der Waals surface area (Å²) in [4.78, 5) is 0. The smallest absolute Gasteiger partial charge is 0.222 e. The maximum Gasteiger partial charge on any atom is 0.222 e. The van der Waals surface area contributed by atoms with Gasteiger partial charge in [0, 0.05) is 13.2 Å². The lowest BCUT2D eigenvalue weighted by atomic mass is 10.0. The number of ether oxygens (including phenoxy) is 3. The van der Waals surface area contributed by atoms with E-state index in [-0.39, 0.29) is 12.1 Å². The molecule has 0 fully saturated rings. The van der Waals surface area contributed by atoms with E-state index in [1.807, 2.05) is 74.5 Å². The number of nitrogens with zero attached hydrogens (tertiary/aromatic N) is 1. The van der Waals surface area contributed by atoms with Crippen molar-refractivity contribution in [2.45, 2.75) is 59.1 Å². The predicted octanol–water partition coefficient (Wildman–Crippen LogP) is 5.45. The number of hydroxylamine groups is 2. The minimum absolute atomic E-state index is 0.339. The molecule has 0 radical (unpaired) electrons. The summed E-state index contributed by atoms with van der Waals surface area (Å²) in [7, 11) is 0. The molecule has 0 aromatic heterocycles. The van der Waals surface area contributed by atoms with E-state index in [4.69, 9.17) is 14.2 Å². The molecule has 0 saturated carbocycles. The van der Waals surface area contributed by atoms with Gasteiger partial charge in [0.1, 0.15) is 0 Å². The van der Waals surface area contributed by atoms with Gasteiger partial charge >= 0.3 is 0 Å². The van der Waals surface area contributed by atoms with Crippen molar-refractivity contribution < 1.29 is 19.4 Å². The van der Waals surface area contributed by atoms with Crippen molar-refractivity contribution in [3.8, 4) is 11.8 Å². The molecule has 174 valence electrons. The van der Waals surface area contributed by atoms with Crippen LogP contribution in [0, 0.1) is 17.8 Å². The third-order valence-electron chi connectivity index (χ3n) is 4.91. The molecule has 0 heterocycles. The van der Waals surface area contributed by atoms with E-state index in [0.29, 0.717) is 38.8 Å². The van der Waals surface area contributed by atoms with Crippen molar-refractivity contribution in [2.75, 3.05) is 19.8 Å². The van der Waals surface area contributed by atoms with E-state index >= 15 is 0 Å². The first-order chi connectivity index (χ1) is 15.5. The zero-order valence-corrected chi connectivity index (χ0v) is 19.7. The summed E-state index contributed by atoms with van der Waals surface area (Å²) in [5.74, 6) is 6.61. The Bertz CT molecular complexity index is 795. The highest BCUT2D eigenvalue weighted by molar-refractivity contribution is 5.21. The lowest BCUT2D eigenvalue weighted by Crippen LogP contribution is -2.38. The summed E-state index contributed by atoms with van der Waals surface area (Å²) in [5.41, 5.74) is 2.07. The second kappa shape index (κ2) is 14.8. The Kier molecular flexibility index (Phi) is 12.0. The summed E-state index contributed by atoms with van der Waals surface area (Å²) in [5, 5.41) is 12.6. The van der Waals surface area contributed by atoms with Crippen LogP contribution in [-0.2, 0) is 20.8 Å². The minimum Gasteiger partial charge on any atom is -0.375 e. The summed E-state index contributed by atoms with van der Waals surface area (Å²) in [6, 6.07) is 19.2. The molecule has 32 heavy (non-hydrogen) atoms. The molecule has 5 nitrogen and oxygen atoms in total. The predicted molar refractivity (Wildman–Crippen MR) is 127 cm³/mol. The minimum atomic E-state index is -0.599. The van der Waals surface area contributed by atoms with Gasteiger partial charge in [-0.2, -0.15) is 5.06 Å². The van der Waals surface area contributed by atoms with Gasteiger partial charge in [0.05, 0.1) is 25.3 Å². The lowest BCUT2D eigenvalue weighted by molar-refractivity contribution is -0.167. The van der Waals surface area contributed by atoms with Gasteiger partial charge in [-0.3, -0.25) is 0 Å². The van der Waals surface area contributed by atoms with Crippen LogP contribution < -0.4 is 0 Å². The molecular formula is C27H37NO4. The van der Waals surface area contributed by atoms with Crippen LogP contribution in [-0.4, -0.2) is 42.4 Å². The van der Waals surface area contributed by atoms with Crippen LogP contribution in [0.25, 0.3) is 0 Å². The third kappa shape index (κ3) is 9.12. The summed E-state index contributed by atoms with van der Waals surface area (Å²) in [6.45, 7) is 9.90. The van der Waals surface area contributed by atoms with Gasteiger partial charge in [-0.05, 0) is 43.2 Å². The van der Waals surface area contributed by atoms with Crippen molar-refractivity contribution in [2.24, 2.45) is 5.92 Å². The van der Waals surface area contributed by atoms with Gasteiger partial charge < -0.3 is 19.4 Å². The quantitative estimate of drug-likeness (QED) is 0.255. The second-order valence-electron chi connectivity index (χ2n) is 7.98. The monoisotopic (exact) mass is 439 g/mol. The van der Waals surface area contributed by atoms with Crippen LogP contribution >= 0.6 is 0 Å². The highest BCUT2D eigenvalue weighted by Gasteiger charge is 2.26. The molecule has 2 aromatic rings. The zero-order chi connectivity index (χ0) is 23.2. The van der Waals surface area contributed by atoms with E-state index in [1.54, 1.807) is 0 Å². The molecule has 2 rings (SSSR count). The largest absolute Gasteiger partial charge is 0.375 e. The van der Waals surface area contributed by atoms with E-state index in [1.165, 1.54) is 5.06 Å². The molecule has 2 atom stereocenters. The molecule has 0 bridgehead atoms. The summed E-state index contributed by atoms with van der Waals surface area (Å²) in [6.07, 6.45) is 0.105. The Morgan fingerprint density at radius 3 is 2.03 bits per heavy atom. The van der Waals surface area contributed by atoms with Gasteiger partial charge in [0.15, 0.2) is 0 Å². The van der Waals surface area contributed by atoms with Crippen molar-refractivity contribution in [3.05, 3.63) is 71.8 Å². The first-order valence-electron chi connectivity index (χ1n) is 11.4. The molecule has 5 heteroatoms. The summed E-state index contributed by atoms with van der Waals surface area (Å²) >= 11 is 0. The maximum absolute atomic E-state index is 11.3. The Morgan fingerprint density at radius 1 is 0.875 bits per heavy atom. The van der Waals surface area contributed by atoms with Crippen molar-refractivity contribution >= 4 is 0 Å². The average molecular weight is 440 g/mol. The Morgan fingerprint density at radius 2 is 1.47 bits per heavy atom. The van der Waals surface area contributed by atoms with Crippen LogP contribution in [0.1, 0.15) is 51.3 Å². The summed E-state index contributed by atoms with van der Waals surface area (Å²) < 4.78 is 17.1. The molecule has 2 aromatic carbocycles. The van der Waals surface area contributed by atoms with Crippen LogP contribution in [0.3, 0.4) is 0 Å². The van der Waals surface area contributed by atoms with E-state index in [0.717, 1.165) is 11.1 Å². The molecule has 0 amide bonds. The SMILES string of the molecule is CCOC(C#C[C@H](CC(C)C)N(O)[C@H](COCc1ccccc1)c1ccccc1)OCC. The highest BCUT2D eigenvalue weighted by Crippen LogP contribution is 2.25. The van der Waals surface area contributed by atoms with Gasteiger partial charge in [0.2, 0.25) is 6.29 Å². The van der Waals surface area contributed by atoms with Gasteiger partial charge in [-0.15, -0.1) is 0 Å². The molecule has 0 unspecified atom stereocenters. The highest BCUT2D eigenvalue weighted by atomic mass is 16.7. The Hall–Kier alpha value is -2.20. The number of hydrogen-bond acceptors (Lipinski definition) is 5. The molecule has 0 aliphatic rings. The van der Waals surface area contributed by atoms with Gasteiger partial charge in [0.25, 0.3) is 0 Å². The van der Waals surface area contributed by atoms with Crippen LogP contribution in [0.5, 0.6) is 0 Å². The molecular weight excluding hydrogens is 402 g/mol. The van der Waals surface area contributed by atoms with Crippen LogP contribution in [0.4, 0.5) is 0 Å². The fraction of sp³-hybridized carbons (Fsp3) is 0.481. The topological polar surface area (TPSA) is 51.2 Å². The first kappa shape index (κ1) is 26.1. The number of rotatable bonds is 13. The molecule has 0 saturated heterocycles. The van der Waals surface area contributed by atoms with Crippen molar-refractivity contribution in [1.29, 1.82) is 0 Å². The maximum atomic E-state index is 11.3. The standard InChI is InChI=1S/C27H37NO4/c1-5-31-27(32-6-2)18-17-25(19-22(3)4)28(29)26(24-15-11-8-12-16-24)21-30-20-23-13-9-7-10-14-23/h7-16,22,25-27,29H,5-6,19-21H2,1-4H3/t25-,26-/m1/s1. The van der Waals surface area contributed by atoms with Gasteiger partial charge in [-0.25, -0.2) is 0 Å². The molecule has 0 spiro atoms. The molecule has 1 N–H and O–H groups in total. The van der Waals surface area contributed by atoms with E-state index in [9.17, 15) is 5.21 Å². The normalized spacial score (nSPS) is 13.2. The van der Waals surface area contributed by atoms with E-state index in [2.05, 4.69) is 25.7 Å². The molecule has 0 aliphatic heterocycles. The first-order valence-corrected chi connectivity index (χ1v) is 11.4. The second-order valence-corrected chi connectivity index (χ2v) is 7.98. The van der Waals surface area contributed by atoms with Gasteiger partial charge in [-0.1, -0.05) is 80.4 Å². The Labute approximate surface area is 193 Å². The van der Waals surface area contributed by atoms with E-state index < -0.39 is 6.29 Å². The average Bonchev–Trinajstić information content (AvgIpc) is 2.80. The number of hydrogen-bond donors (Lipinski definition) is 1. The fourth-order valence-electron chi connectivity index (χ4n) is 3.36.